The number of anilines is 1. The number of benzene rings is 3. The van der Waals surface area contributed by atoms with Gasteiger partial charge >= 0.3 is 0 Å². The van der Waals surface area contributed by atoms with Gasteiger partial charge in [-0.3, -0.25) is 24.8 Å². The van der Waals surface area contributed by atoms with Crippen LogP contribution in [0.2, 0.25) is 0 Å². The summed E-state index contributed by atoms with van der Waals surface area (Å²) < 4.78 is 16.8. The number of fused-ring (bicyclic) bond motifs is 2. The Kier molecular flexibility index (Phi) is 7.41. The first kappa shape index (κ1) is 29.0. The zero-order valence-electron chi connectivity index (χ0n) is 25.6. The molecular weight excluding hydrogens is 593 g/mol. The quantitative estimate of drug-likeness (QED) is 0.241. The largest absolute Gasteiger partial charge is 0.369 e. The number of nitrogens with one attached hydrogen (secondary N) is 1. The van der Waals surface area contributed by atoms with Crippen molar-refractivity contribution in [2.75, 3.05) is 31.1 Å². The van der Waals surface area contributed by atoms with E-state index in [1.165, 1.54) is 6.07 Å². The first-order valence-corrected chi connectivity index (χ1v) is 15.9. The van der Waals surface area contributed by atoms with E-state index in [1.807, 2.05) is 59.6 Å². The first-order valence-electron chi connectivity index (χ1n) is 15.9. The monoisotopic (exact) mass is 625 g/mol. The minimum atomic E-state index is -0.618. The van der Waals surface area contributed by atoms with Crippen molar-refractivity contribution in [1.82, 2.24) is 29.8 Å². The molecule has 3 aromatic heterocycles. The van der Waals surface area contributed by atoms with Gasteiger partial charge in [0, 0.05) is 85.5 Å². The van der Waals surface area contributed by atoms with Crippen LogP contribution >= 0.6 is 0 Å². The summed E-state index contributed by atoms with van der Waals surface area (Å²) in [6.07, 6.45) is 8.18. The Hall–Kier alpha value is -5.48. The van der Waals surface area contributed by atoms with Gasteiger partial charge in [-0.15, -0.1) is 0 Å². The van der Waals surface area contributed by atoms with Gasteiger partial charge in [0.05, 0.1) is 17.6 Å². The molecule has 1 unspecified atom stereocenters. The molecule has 0 spiro atoms. The lowest BCUT2D eigenvalue weighted by Gasteiger charge is -2.36. The predicted octanol–water partition coefficient (Wildman–Crippen LogP) is 5.59. The Bertz CT molecular complexity index is 2130. The van der Waals surface area contributed by atoms with E-state index in [9.17, 15) is 14.0 Å². The maximum absolute atomic E-state index is 15.0. The van der Waals surface area contributed by atoms with Gasteiger partial charge in [0.1, 0.15) is 5.82 Å². The fraction of sp³-hybridized carbons (Fsp3) is 0.216. The van der Waals surface area contributed by atoms with E-state index in [1.54, 1.807) is 6.07 Å². The third-order valence-corrected chi connectivity index (χ3v) is 9.32. The summed E-state index contributed by atoms with van der Waals surface area (Å²) >= 11 is 0. The molecule has 234 valence electrons. The highest BCUT2D eigenvalue weighted by Crippen LogP contribution is 2.32. The van der Waals surface area contributed by atoms with Crippen LogP contribution < -0.4 is 10.2 Å². The van der Waals surface area contributed by atoms with E-state index in [2.05, 4.69) is 55.5 Å². The molecule has 1 N–H and O–H groups in total. The minimum Gasteiger partial charge on any atom is -0.369 e. The van der Waals surface area contributed by atoms with Crippen LogP contribution in [0.5, 0.6) is 0 Å². The van der Waals surface area contributed by atoms with Crippen LogP contribution in [0.25, 0.3) is 38.8 Å². The summed E-state index contributed by atoms with van der Waals surface area (Å²) in [5.41, 5.74) is 8.21. The van der Waals surface area contributed by atoms with Gasteiger partial charge in [0.25, 0.3) is 0 Å². The van der Waals surface area contributed by atoms with Crippen LogP contribution in [0.4, 0.5) is 10.1 Å². The third kappa shape index (κ3) is 5.61. The fourth-order valence-corrected chi connectivity index (χ4v) is 6.77. The average Bonchev–Trinajstić information content (AvgIpc) is 3.52. The number of para-hydroxylation sites is 1. The van der Waals surface area contributed by atoms with Gasteiger partial charge < -0.3 is 4.90 Å². The Morgan fingerprint density at radius 2 is 1.68 bits per heavy atom. The molecule has 8 rings (SSSR count). The van der Waals surface area contributed by atoms with E-state index in [-0.39, 0.29) is 18.1 Å². The summed E-state index contributed by atoms with van der Waals surface area (Å²) in [5.74, 6) is -1.72. The standard InChI is InChI=1S/C37H32FN7O2/c38-33-19-24(5-10-29(33)31-11-12-35(46)42-37(31)47)22-43-15-17-44(18-16-43)27-8-6-25(7-9-27)26-20-40-36-32(21-41-45(36)23-26)28-13-14-39-34-4-2-1-3-30(28)34/h1-10,13-14,19-21,23,31H,11-12,15-18,22H2,(H,42,46,47). The summed E-state index contributed by atoms with van der Waals surface area (Å²) in [5, 5.41) is 8.01. The summed E-state index contributed by atoms with van der Waals surface area (Å²) in [4.78, 5) is 37.6. The average molecular weight is 626 g/mol. The smallest absolute Gasteiger partial charge is 0.234 e. The van der Waals surface area contributed by atoms with Gasteiger partial charge in [-0.25, -0.2) is 13.9 Å². The predicted molar refractivity (Wildman–Crippen MR) is 178 cm³/mol. The molecule has 6 aromatic rings. The van der Waals surface area contributed by atoms with Crippen LogP contribution in [0, 0.1) is 5.82 Å². The lowest BCUT2D eigenvalue weighted by atomic mass is 9.89. The molecule has 2 amide bonds. The molecule has 0 radical (unpaired) electrons. The second-order valence-electron chi connectivity index (χ2n) is 12.2. The van der Waals surface area contributed by atoms with E-state index in [0.717, 1.165) is 76.2 Å². The molecule has 5 heterocycles. The minimum absolute atomic E-state index is 0.231. The molecule has 1 atom stereocenters. The first-order chi connectivity index (χ1) is 23.0. The van der Waals surface area contributed by atoms with Gasteiger partial charge in [-0.2, -0.15) is 5.10 Å². The van der Waals surface area contributed by atoms with Gasteiger partial charge in [-0.1, -0.05) is 42.5 Å². The van der Waals surface area contributed by atoms with Gasteiger partial charge in [0.2, 0.25) is 11.8 Å². The maximum Gasteiger partial charge on any atom is 0.234 e. The Balaban J connectivity index is 0.909. The number of halogens is 1. The fourth-order valence-electron chi connectivity index (χ4n) is 6.77. The highest BCUT2D eigenvalue weighted by Gasteiger charge is 2.30. The van der Waals surface area contributed by atoms with Crippen molar-refractivity contribution in [3.05, 3.63) is 115 Å². The maximum atomic E-state index is 15.0. The van der Waals surface area contributed by atoms with Crippen LogP contribution in [0.1, 0.15) is 29.9 Å². The second kappa shape index (κ2) is 12.0. The van der Waals surface area contributed by atoms with Crippen molar-refractivity contribution in [1.29, 1.82) is 0 Å². The van der Waals surface area contributed by atoms with E-state index < -0.39 is 11.8 Å². The van der Waals surface area contributed by atoms with Crippen molar-refractivity contribution in [3.63, 3.8) is 0 Å². The molecule has 9 nitrogen and oxygen atoms in total. The summed E-state index contributed by atoms with van der Waals surface area (Å²) in [6.45, 7) is 4.08. The van der Waals surface area contributed by atoms with Crippen LogP contribution in [0.15, 0.2) is 97.6 Å². The Morgan fingerprint density at radius 3 is 2.49 bits per heavy atom. The highest BCUT2D eigenvalue weighted by molar-refractivity contribution is 6.01. The number of carbonyl (C=O) groups excluding carboxylic acids is 2. The molecular formula is C37H32FN7O2. The lowest BCUT2D eigenvalue weighted by Crippen LogP contribution is -2.46. The lowest BCUT2D eigenvalue weighted by molar-refractivity contribution is -0.134. The number of piperidine rings is 1. The normalized spacial score (nSPS) is 17.4. The topological polar surface area (TPSA) is 95.7 Å². The number of aromatic nitrogens is 4. The molecule has 47 heavy (non-hydrogen) atoms. The van der Waals surface area contributed by atoms with Crippen molar-refractivity contribution in [2.24, 2.45) is 0 Å². The number of pyridine rings is 1. The summed E-state index contributed by atoms with van der Waals surface area (Å²) in [7, 11) is 0. The number of imide groups is 1. The SMILES string of the molecule is O=C1CCC(c2ccc(CN3CCN(c4ccc(-c5cnc6c(-c7ccnc8ccccc78)cnn6c5)cc4)CC3)cc2F)C(=O)N1. The third-order valence-electron chi connectivity index (χ3n) is 9.32. The molecule has 0 aliphatic carbocycles. The molecule has 0 bridgehead atoms. The number of amides is 2. The molecule has 3 aromatic carbocycles. The number of piperazine rings is 1. The molecule has 2 aliphatic rings. The molecule has 10 heteroatoms. The molecule has 0 saturated carbocycles. The van der Waals surface area contributed by atoms with Gasteiger partial charge in [-0.05, 0) is 53.4 Å². The molecule has 2 saturated heterocycles. The summed E-state index contributed by atoms with van der Waals surface area (Å²) in [6, 6.07) is 23.8. The number of nitrogens with zero attached hydrogens (tertiary/aromatic N) is 6. The Morgan fingerprint density at radius 1 is 0.851 bits per heavy atom. The van der Waals surface area contributed by atoms with Crippen molar-refractivity contribution in [2.45, 2.75) is 25.3 Å². The number of carbonyl (C=O) groups is 2. The van der Waals surface area contributed by atoms with Crippen molar-refractivity contribution in [3.8, 4) is 22.3 Å². The molecule has 2 aliphatic heterocycles. The van der Waals surface area contributed by atoms with Crippen molar-refractivity contribution < 1.29 is 14.0 Å². The van der Waals surface area contributed by atoms with Crippen molar-refractivity contribution >= 4 is 34.1 Å². The van der Waals surface area contributed by atoms with Crippen LogP contribution in [-0.4, -0.2) is 62.5 Å². The van der Waals surface area contributed by atoms with Gasteiger partial charge in [0.15, 0.2) is 5.65 Å². The molecule has 2 fully saturated rings. The number of hydrogen-bond donors (Lipinski definition) is 1. The Labute approximate surface area is 270 Å². The second-order valence-corrected chi connectivity index (χ2v) is 12.2. The highest BCUT2D eigenvalue weighted by atomic mass is 19.1. The van der Waals surface area contributed by atoms with E-state index in [4.69, 9.17) is 4.98 Å². The van der Waals surface area contributed by atoms with E-state index in [0.29, 0.717) is 18.5 Å². The van der Waals surface area contributed by atoms with Crippen LogP contribution in [-0.2, 0) is 16.1 Å². The zero-order valence-corrected chi connectivity index (χ0v) is 25.6. The van der Waals surface area contributed by atoms with Crippen LogP contribution in [0.3, 0.4) is 0 Å². The number of rotatable bonds is 6. The van der Waals surface area contributed by atoms with E-state index >= 15 is 0 Å². The number of hydrogen-bond acceptors (Lipinski definition) is 7. The zero-order chi connectivity index (χ0) is 31.9.